The second-order valence-corrected chi connectivity index (χ2v) is 3.30. The van der Waals surface area contributed by atoms with Crippen LogP contribution in [0.3, 0.4) is 0 Å². The van der Waals surface area contributed by atoms with Crippen molar-refractivity contribution in [2.24, 2.45) is 5.41 Å². The molecule has 0 aromatic heterocycles. The van der Waals surface area contributed by atoms with E-state index in [2.05, 4.69) is 0 Å². The fourth-order valence-corrected chi connectivity index (χ4v) is 1.50. The molecule has 1 rings (SSSR count). The van der Waals surface area contributed by atoms with E-state index in [0.29, 0.717) is 6.42 Å². The van der Waals surface area contributed by atoms with Gasteiger partial charge in [-0.05, 0) is 19.3 Å². The summed E-state index contributed by atoms with van der Waals surface area (Å²) in [6, 6.07) is 0. The Balaban J connectivity index is 2.54. The molecule has 0 bridgehead atoms. The highest BCUT2D eigenvalue weighted by atomic mass is 16.1. The van der Waals surface area contributed by atoms with Crippen molar-refractivity contribution in [2.45, 2.75) is 39.0 Å². The molecule has 0 saturated heterocycles. The first-order chi connectivity index (χ1) is 5.25. The van der Waals surface area contributed by atoms with Gasteiger partial charge in [0.25, 0.3) is 0 Å². The minimum absolute atomic E-state index is 0.154. The van der Waals surface area contributed by atoms with Crippen LogP contribution in [0.25, 0.3) is 0 Å². The first-order valence-electron chi connectivity index (χ1n) is 4.25. The molecule has 0 aliphatic heterocycles. The third kappa shape index (κ3) is 1.35. The van der Waals surface area contributed by atoms with E-state index in [4.69, 9.17) is 0 Å². The molecule has 1 saturated carbocycles. The summed E-state index contributed by atoms with van der Waals surface area (Å²) in [6.07, 6.45) is 4.89. The molecular formula is C9H14O2. The van der Waals surface area contributed by atoms with E-state index in [-0.39, 0.29) is 5.78 Å². The number of ketones is 1. The summed E-state index contributed by atoms with van der Waals surface area (Å²) < 4.78 is 0. The van der Waals surface area contributed by atoms with Crippen LogP contribution < -0.4 is 0 Å². The highest BCUT2D eigenvalue weighted by Crippen LogP contribution is 2.40. The predicted molar refractivity (Wildman–Crippen MR) is 42.3 cm³/mol. The Hall–Kier alpha value is -0.660. The first-order valence-corrected chi connectivity index (χ1v) is 4.25. The van der Waals surface area contributed by atoms with Crippen molar-refractivity contribution >= 4 is 12.1 Å². The molecule has 0 aromatic rings. The van der Waals surface area contributed by atoms with Crippen LogP contribution in [0.15, 0.2) is 0 Å². The van der Waals surface area contributed by atoms with E-state index < -0.39 is 5.41 Å². The molecule has 1 fully saturated rings. The van der Waals surface area contributed by atoms with Crippen molar-refractivity contribution in [3.8, 4) is 0 Å². The molecule has 0 radical (unpaired) electrons. The van der Waals surface area contributed by atoms with Gasteiger partial charge >= 0.3 is 0 Å². The molecule has 2 heteroatoms. The van der Waals surface area contributed by atoms with Gasteiger partial charge in [-0.25, -0.2) is 0 Å². The molecule has 0 atom stereocenters. The minimum atomic E-state index is -0.546. The fourth-order valence-electron chi connectivity index (χ4n) is 1.50. The Bertz CT molecular complexity index is 168. The van der Waals surface area contributed by atoms with Crippen LogP contribution in [-0.4, -0.2) is 12.1 Å². The average Bonchev–Trinajstić information content (AvgIpc) is 1.87. The number of hydrogen-bond acceptors (Lipinski definition) is 2. The smallest absolute Gasteiger partial charge is 0.146 e. The summed E-state index contributed by atoms with van der Waals surface area (Å²) in [5.41, 5.74) is -0.546. The van der Waals surface area contributed by atoms with Gasteiger partial charge < -0.3 is 4.79 Å². The number of hydrogen-bond donors (Lipinski definition) is 0. The quantitative estimate of drug-likeness (QED) is 0.456. The number of aldehydes is 1. The summed E-state index contributed by atoms with van der Waals surface area (Å²) in [4.78, 5) is 22.0. The molecule has 0 aromatic carbocycles. The van der Waals surface area contributed by atoms with Crippen LogP contribution in [0.1, 0.15) is 39.0 Å². The summed E-state index contributed by atoms with van der Waals surface area (Å²) in [7, 11) is 0. The summed E-state index contributed by atoms with van der Waals surface area (Å²) >= 11 is 0. The van der Waals surface area contributed by atoms with E-state index in [1.54, 1.807) is 0 Å². The maximum atomic E-state index is 11.3. The zero-order valence-corrected chi connectivity index (χ0v) is 6.93. The first kappa shape index (κ1) is 8.44. The molecule has 1 aliphatic rings. The lowest BCUT2D eigenvalue weighted by Crippen LogP contribution is -2.39. The molecule has 0 unspecified atom stereocenters. The number of carbonyl (C=O) groups is 2. The van der Waals surface area contributed by atoms with Gasteiger partial charge in [-0.3, -0.25) is 4.79 Å². The topological polar surface area (TPSA) is 34.1 Å². The number of rotatable bonds is 4. The van der Waals surface area contributed by atoms with E-state index in [9.17, 15) is 9.59 Å². The van der Waals surface area contributed by atoms with Crippen molar-refractivity contribution in [2.75, 3.05) is 0 Å². The van der Waals surface area contributed by atoms with Gasteiger partial charge in [0, 0.05) is 6.42 Å². The molecule has 2 nitrogen and oxygen atoms in total. The van der Waals surface area contributed by atoms with E-state index in [0.717, 1.165) is 32.0 Å². The monoisotopic (exact) mass is 154 g/mol. The van der Waals surface area contributed by atoms with Crippen LogP contribution in [0.2, 0.25) is 0 Å². The molecule has 0 heterocycles. The van der Waals surface area contributed by atoms with Crippen LogP contribution in [0.5, 0.6) is 0 Å². The third-order valence-electron chi connectivity index (χ3n) is 2.50. The molecular weight excluding hydrogens is 140 g/mol. The van der Waals surface area contributed by atoms with Gasteiger partial charge in [0.1, 0.15) is 12.1 Å². The lowest BCUT2D eigenvalue weighted by molar-refractivity contribution is -0.139. The van der Waals surface area contributed by atoms with Crippen molar-refractivity contribution in [3.63, 3.8) is 0 Å². The van der Waals surface area contributed by atoms with E-state index >= 15 is 0 Å². The highest BCUT2D eigenvalue weighted by Gasteiger charge is 2.42. The number of carbonyl (C=O) groups excluding carboxylic acids is 2. The van der Waals surface area contributed by atoms with Gasteiger partial charge in [0.15, 0.2) is 0 Å². The Morgan fingerprint density at radius 2 is 2.18 bits per heavy atom. The lowest BCUT2D eigenvalue weighted by atomic mass is 9.66. The SMILES string of the molecule is CCCC(=O)C1(C=O)CCC1. The van der Waals surface area contributed by atoms with Gasteiger partial charge in [-0.1, -0.05) is 13.3 Å². The molecule has 0 spiro atoms. The summed E-state index contributed by atoms with van der Waals surface area (Å²) in [5, 5.41) is 0. The molecule has 62 valence electrons. The maximum absolute atomic E-state index is 11.3. The molecule has 0 amide bonds. The Kier molecular flexibility index (Phi) is 2.42. The second-order valence-electron chi connectivity index (χ2n) is 3.30. The van der Waals surface area contributed by atoms with Crippen LogP contribution >= 0.6 is 0 Å². The fraction of sp³-hybridized carbons (Fsp3) is 0.778. The minimum Gasteiger partial charge on any atom is -0.302 e. The van der Waals surface area contributed by atoms with Crippen LogP contribution in [-0.2, 0) is 9.59 Å². The van der Waals surface area contributed by atoms with Crippen molar-refractivity contribution in [1.82, 2.24) is 0 Å². The second kappa shape index (κ2) is 3.16. The normalized spacial score (nSPS) is 20.5. The van der Waals surface area contributed by atoms with Crippen LogP contribution in [0, 0.1) is 5.41 Å². The Morgan fingerprint density at radius 3 is 2.45 bits per heavy atom. The maximum Gasteiger partial charge on any atom is 0.146 e. The molecule has 1 aliphatic carbocycles. The highest BCUT2D eigenvalue weighted by molar-refractivity contribution is 5.98. The largest absolute Gasteiger partial charge is 0.302 e. The average molecular weight is 154 g/mol. The van der Waals surface area contributed by atoms with Gasteiger partial charge in [0.2, 0.25) is 0 Å². The van der Waals surface area contributed by atoms with E-state index in [1.807, 2.05) is 6.92 Å². The lowest BCUT2D eigenvalue weighted by Gasteiger charge is -2.34. The van der Waals surface area contributed by atoms with Crippen molar-refractivity contribution in [1.29, 1.82) is 0 Å². The number of Topliss-reactive ketones (excluding diaryl/α,β-unsaturated/α-hetero) is 1. The Morgan fingerprint density at radius 1 is 1.55 bits per heavy atom. The molecule has 11 heavy (non-hydrogen) atoms. The van der Waals surface area contributed by atoms with Gasteiger partial charge in [-0.15, -0.1) is 0 Å². The van der Waals surface area contributed by atoms with E-state index in [1.165, 1.54) is 0 Å². The van der Waals surface area contributed by atoms with Gasteiger partial charge in [0.05, 0.1) is 5.41 Å². The van der Waals surface area contributed by atoms with Gasteiger partial charge in [-0.2, -0.15) is 0 Å². The molecule has 0 N–H and O–H groups in total. The summed E-state index contributed by atoms with van der Waals surface area (Å²) in [6.45, 7) is 1.97. The predicted octanol–water partition coefficient (Wildman–Crippen LogP) is 1.72. The summed E-state index contributed by atoms with van der Waals surface area (Å²) in [5.74, 6) is 0.154. The van der Waals surface area contributed by atoms with Crippen molar-refractivity contribution < 1.29 is 9.59 Å². The third-order valence-corrected chi connectivity index (χ3v) is 2.50. The van der Waals surface area contributed by atoms with Crippen LogP contribution in [0.4, 0.5) is 0 Å². The Labute approximate surface area is 67.0 Å². The zero-order chi connectivity index (χ0) is 8.32. The zero-order valence-electron chi connectivity index (χ0n) is 6.93. The standard InChI is InChI=1S/C9H14O2/c1-2-4-8(11)9(7-10)5-3-6-9/h7H,2-6H2,1H3. The van der Waals surface area contributed by atoms with Crippen molar-refractivity contribution in [3.05, 3.63) is 0 Å².